The van der Waals surface area contributed by atoms with Crippen molar-refractivity contribution in [2.75, 3.05) is 12.3 Å². The number of nitrogens with two attached hydrogens (primary N) is 1. The number of hydrogen-bond donors (Lipinski definition) is 3. The zero-order chi connectivity index (χ0) is 13.1. The van der Waals surface area contributed by atoms with Gasteiger partial charge in [-0.25, -0.2) is 4.98 Å². The average Bonchev–Trinajstić information content (AvgIpc) is 2.58. The van der Waals surface area contributed by atoms with Crippen molar-refractivity contribution in [2.45, 2.75) is 26.3 Å². The van der Waals surface area contributed by atoms with Crippen LogP contribution in [-0.4, -0.2) is 28.9 Å². The van der Waals surface area contributed by atoms with E-state index >= 15 is 0 Å². The first kappa shape index (κ1) is 13.4. The van der Waals surface area contributed by atoms with Crippen LogP contribution < -0.4 is 16.4 Å². The molecule has 2 amide bonds. The molecule has 0 saturated heterocycles. The lowest BCUT2D eigenvalue weighted by Crippen LogP contribution is -2.45. The second-order valence-corrected chi connectivity index (χ2v) is 5.44. The van der Waals surface area contributed by atoms with E-state index in [0.29, 0.717) is 5.13 Å². The maximum Gasteiger partial charge on any atom is 0.271 e. The Bertz CT molecular complexity index is 422. The fourth-order valence-corrected chi connectivity index (χ4v) is 1.65. The van der Waals surface area contributed by atoms with Crippen LogP contribution in [0, 0.1) is 0 Å². The van der Waals surface area contributed by atoms with E-state index in [2.05, 4.69) is 15.6 Å². The highest BCUT2D eigenvalue weighted by Crippen LogP contribution is 2.10. The van der Waals surface area contributed by atoms with Gasteiger partial charge in [-0.05, 0) is 20.8 Å². The van der Waals surface area contributed by atoms with Crippen LogP contribution in [0.15, 0.2) is 5.38 Å². The molecule has 0 aliphatic heterocycles. The second kappa shape index (κ2) is 5.13. The lowest BCUT2D eigenvalue weighted by atomic mass is 10.1. The highest BCUT2D eigenvalue weighted by atomic mass is 32.1. The molecule has 4 N–H and O–H groups in total. The number of amides is 2. The summed E-state index contributed by atoms with van der Waals surface area (Å²) in [5.74, 6) is -0.643. The Morgan fingerprint density at radius 2 is 2.12 bits per heavy atom. The maximum absolute atomic E-state index is 11.5. The van der Waals surface area contributed by atoms with E-state index < -0.39 is 5.91 Å². The number of anilines is 1. The molecule has 1 aromatic rings. The lowest BCUT2D eigenvalue weighted by molar-refractivity contribution is -0.121. The standard InChI is InChI=1S/C10H16N4O2S/c1-10(2,3)14-7(15)4-12-8(16)6-5-17-9(11)13-6/h5H,4H2,1-3H3,(H2,11,13)(H,12,16)(H,14,15). The second-order valence-electron chi connectivity index (χ2n) is 4.55. The van der Waals surface area contributed by atoms with Crippen LogP contribution in [0.3, 0.4) is 0 Å². The first-order valence-electron chi connectivity index (χ1n) is 5.08. The first-order valence-corrected chi connectivity index (χ1v) is 5.96. The molecular formula is C10H16N4O2S. The largest absolute Gasteiger partial charge is 0.375 e. The fourth-order valence-electron chi connectivity index (χ4n) is 1.11. The van der Waals surface area contributed by atoms with Gasteiger partial charge in [0.05, 0.1) is 6.54 Å². The predicted octanol–water partition coefficient (Wildman–Crippen LogP) is 0.370. The minimum Gasteiger partial charge on any atom is -0.375 e. The van der Waals surface area contributed by atoms with E-state index in [1.54, 1.807) is 5.38 Å². The average molecular weight is 256 g/mol. The zero-order valence-corrected chi connectivity index (χ0v) is 10.9. The summed E-state index contributed by atoms with van der Waals surface area (Å²) in [7, 11) is 0. The summed E-state index contributed by atoms with van der Waals surface area (Å²) in [5, 5.41) is 7.08. The molecule has 1 heterocycles. The van der Waals surface area contributed by atoms with Crippen LogP contribution in [0.1, 0.15) is 31.3 Å². The molecule has 0 aromatic carbocycles. The molecule has 0 aliphatic carbocycles. The lowest BCUT2D eigenvalue weighted by Gasteiger charge is -2.20. The summed E-state index contributed by atoms with van der Waals surface area (Å²) in [4.78, 5) is 26.8. The molecule has 0 spiro atoms. The molecule has 1 aromatic heterocycles. The quantitative estimate of drug-likeness (QED) is 0.728. The Hall–Kier alpha value is -1.63. The topological polar surface area (TPSA) is 97.1 Å². The van der Waals surface area contributed by atoms with Crippen molar-refractivity contribution < 1.29 is 9.59 Å². The van der Waals surface area contributed by atoms with Crippen molar-refractivity contribution in [1.82, 2.24) is 15.6 Å². The monoisotopic (exact) mass is 256 g/mol. The Morgan fingerprint density at radius 3 is 2.59 bits per heavy atom. The molecule has 0 bridgehead atoms. The fraction of sp³-hybridized carbons (Fsp3) is 0.500. The van der Waals surface area contributed by atoms with Gasteiger partial charge < -0.3 is 16.4 Å². The van der Waals surface area contributed by atoms with Crippen molar-refractivity contribution in [3.8, 4) is 0 Å². The minimum atomic E-state index is -0.401. The summed E-state index contributed by atoms with van der Waals surface area (Å²) in [6.07, 6.45) is 0. The molecule has 94 valence electrons. The summed E-state index contributed by atoms with van der Waals surface area (Å²) in [5.41, 5.74) is 5.32. The van der Waals surface area contributed by atoms with E-state index in [1.807, 2.05) is 20.8 Å². The van der Waals surface area contributed by atoms with Gasteiger partial charge >= 0.3 is 0 Å². The molecule has 0 unspecified atom stereocenters. The third-order valence-corrected chi connectivity index (χ3v) is 2.35. The molecule has 0 aliphatic rings. The Morgan fingerprint density at radius 1 is 1.47 bits per heavy atom. The van der Waals surface area contributed by atoms with Crippen LogP contribution >= 0.6 is 11.3 Å². The number of nitrogens with zero attached hydrogens (tertiary/aromatic N) is 1. The molecular weight excluding hydrogens is 240 g/mol. The summed E-state index contributed by atoms with van der Waals surface area (Å²) in [6, 6.07) is 0. The summed E-state index contributed by atoms with van der Waals surface area (Å²) < 4.78 is 0. The molecule has 0 atom stereocenters. The Balaban J connectivity index is 2.41. The van der Waals surface area contributed by atoms with Crippen molar-refractivity contribution in [1.29, 1.82) is 0 Å². The number of nitrogens with one attached hydrogen (secondary N) is 2. The van der Waals surface area contributed by atoms with Crippen LogP contribution in [0.25, 0.3) is 0 Å². The van der Waals surface area contributed by atoms with Gasteiger partial charge in [0, 0.05) is 10.9 Å². The van der Waals surface area contributed by atoms with Gasteiger partial charge in [0.1, 0.15) is 5.69 Å². The van der Waals surface area contributed by atoms with Crippen LogP contribution in [0.4, 0.5) is 5.13 Å². The zero-order valence-electron chi connectivity index (χ0n) is 10.0. The number of nitrogen functional groups attached to an aromatic ring is 1. The molecule has 0 radical (unpaired) electrons. The first-order chi connectivity index (χ1) is 7.78. The maximum atomic E-state index is 11.5. The summed E-state index contributed by atoms with van der Waals surface area (Å²) in [6.45, 7) is 5.53. The number of hydrogen-bond acceptors (Lipinski definition) is 5. The highest BCUT2D eigenvalue weighted by molar-refractivity contribution is 7.13. The Kier molecular flexibility index (Phi) is 4.06. The molecule has 6 nitrogen and oxygen atoms in total. The molecule has 0 fully saturated rings. The van der Waals surface area contributed by atoms with Gasteiger partial charge in [-0.3, -0.25) is 9.59 Å². The third kappa shape index (κ3) is 4.81. The van der Waals surface area contributed by atoms with E-state index in [1.165, 1.54) is 11.3 Å². The number of thiazole rings is 1. The van der Waals surface area contributed by atoms with Crippen LogP contribution in [0.5, 0.6) is 0 Å². The number of carbonyl (C=O) groups is 2. The van der Waals surface area contributed by atoms with Gasteiger partial charge in [-0.2, -0.15) is 0 Å². The van der Waals surface area contributed by atoms with E-state index in [4.69, 9.17) is 5.73 Å². The SMILES string of the molecule is CC(C)(C)NC(=O)CNC(=O)c1csc(N)n1. The smallest absolute Gasteiger partial charge is 0.271 e. The normalized spacial score (nSPS) is 11.0. The Labute approximate surface area is 104 Å². The minimum absolute atomic E-state index is 0.0759. The van der Waals surface area contributed by atoms with Crippen molar-refractivity contribution in [3.05, 3.63) is 11.1 Å². The third-order valence-electron chi connectivity index (χ3n) is 1.68. The van der Waals surface area contributed by atoms with Gasteiger partial charge in [-0.15, -0.1) is 11.3 Å². The number of rotatable bonds is 3. The molecule has 0 saturated carbocycles. The number of carbonyl (C=O) groups excluding carboxylic acids is 2. The van der Waals surface area contributed by atoms with Gasteiger partial charge in [0.2, 0.25) is 5.91 Å². The van der Waals surface area contributed by atoms with Crippen LogP contribution in [-0.2, 0) is 4.79 Å². The van der Waals surface area contributed by atoms with Crippen molar-refractivity contribution in [2.24, 2.45) is 0 Å². The van der Waals surface area contributed by atoms with E-state index in [-0.39, 0.29) is 23.7 Å². The van der Waals surface area contributed by atoms with Gasteiger partial charge in [-0.1, -0.05) is 0 Å². The van der Waals surface area contributed by atoms with Crippen molar-refractivity contribution in [3.63, 3.8) is 0 Å². The van der Waals surface area contributed by atoms with Crippen LogP contribution in [0.2, 0.25) is 0 Å². The van der Waals surface area contributed by atoms with Gasteiger partial charge in [0.25, 0.3) is 5.91 Å². The molecule has 1 rings (SSSR count). The van der Waals surface area contributed by atoms with Gasteiger partial charge in [0.15, 0.2) is 5.13 Å². The summed E-state index contributed by atoms with van der Waals surface area (Å²) >= 11 is 1.18. The predicted molar refractivity (Wildman–Crippen MR) is 66.8 cm³/mol. The molecule has 7 heteroatoms. The highest BCUT2D eigenvalue weighted by Gasteiger charge is 2.15. The van der Waals surface area contributed by atoms with Crippen molar-refractivity contribution >= 4 is 28.3 Å². The van der Waals surface area contributed by atoms with E-state index in [0.717, 1.165) is 0 Å². The van der Waals surface area contributed by atoms with E-state index in [9.17, 15) is 9.59 Å². The number of aromatic nitrogens is 1. The molecule has 17 heavy (non-hydrogen) atoms.